The first-order valence-electron chi connectivity index (χ1n) is 10.0. The summed E-state index contributed by atoms with van der Waals surface area (Å²) in [6.07, 6.45) is 1.45. The number of amides is 1. The highest BCUT2D eigenvalue weighted by Crippen LogP contribution is 2.44. The van der Waals surface area contributed by atoms with Crippen LogP contribution in [0.25, 0.3) is 5.76 Å². The molecule has 0 spiro atoms. The van der Waals surface area contributed by atoms with Crippen molar-refractivity contribution in [3.63, 3.8) is 0 Å². The number of Topliss-reactive ketones (excluding diaryl/α,β-unsaturated/α-hetero) is 1. The Hall–Kier alpha value is -3.51. The van der Waals surface area contributed by atoms with Crippen LogP contribution in [0.5, 0.6) is 5.75 Å². The van der Waals surface area contributed by atoms with E-state index in [4.69, 9.17) is 20.8 Å². The highest BCUT2D eigenvalue weighted by Gasteiger charge is 2.48. The van der Waals surface area contributed by atoms with Crippen LogP contribution in [0.1, 0.15) is 34.1 Å². The van der Waals surface area contributed by atoms with Crippen LogP contribution in [0.2, 0.25) is 5.02 Å². The van der Waals surface area contributed by atoms with Gasteiger partial charge in [-0.15, -0.1) is 0 Å². The van der Waals surface area contributed by atoms with Gasteiger partial charge in [-0.05, 0) is 67.8 Å². The Bertz CT molecular complexity index is 1260. The number of nitrogens with zero attached hydrogens (tertiary/aromatic N) is 1. The van der Waals surface area contributed by atoms with Gasteiger partial charge in [-0.3, -0.25) is 14.5 Å². The largest absolute Gasteiger partial charge is 0.507 e. The molecule has 1 fully saturated rings. The monoisotopic (exact) mass is 451 g/mol. The summed E-state index contributed by atoms with van der Waals surface area (Å²) in [7, 11) is 1.49. The number of carbonyl (C=O) groups excluding carboxylic acids is 2. The zero-order valence-electron chi connectivity index (χ0n) is 18.1. The maximum absolute atomic E-state index is 13.2. The number of anilines is 1. The Kier molecular flexibility index (Phi) is 5.57. The van der Waals surface area contributed by atoms with Gasteiger partial charge in [-0.2, -0.15) is 0 Å². The molecular formula is C25H22ClNO5. The summed E-state index contributed by atoms with van der Waals surface area (Å²) in [6, 6.07) is 11.1. The van der Waals surface area contributed by atoms with E-state index in [1.165, 1.54) is 18.3 Å². The molecule has 1 unspecified atom stereocenters. The summed E-state index contributed by atoms with van der Waals surface area (Å²) in [5.74, 6) is -1.16. The van der Waals surface area contributed by atoms with Gasteiger partial charge in [0.15, 0.2) is 0 Å². The average molecular weight is 452 g/mol. The first kappa shape index (κ1) is 21.7. The number of aliphatic hydroxyl groups excluding tert-OH is 1. The molecule has 0 bridgehead atoms. The van der Waals surface area contributed by atoms with E-state index in [9.17, 15) is 14.7 Å². The highest BCUT2D eigenvalue weighted by atomic mass is 35.5. The van der Waals surface area contributed by atoms with Crippen molar-refractivity contribution in [2.24, 2.45) is 0 Å². The van der Waals surface area contributed by atoms with Gasteiger partial charge in [0.05, 0.1) is 24.5 Å². The van der Waals surface area contributed by atoms with E-state index in [0.717, 1.165) is 16.7 Å². The van der Waals surface area contributed by atoms with Crippen LogP contribution < -0.4 is 9.64 Å². The molecule has 164 valence electrons. The van der Waals surface area contributed by atoms with Crippen molar-refractivity contribution in [3.8, 4) is 5.75 Å². The first-order valence-corrected chi connectivity index (χ1v) is 10.4. The third-order valence-electron chi connectivity index (χ3n) is 5.57. The third-order valence-corrected chi connectivity index (χ3v) is 5.98. The number of methoxy groups -OCH3 is 1. The lowest BCUT2D eigenvalue weighted by Crippen LogP contribution is -2.29. The Labute approximate surface area is 190 Å². The normalized spacial score (nSPS) is 17.8. The molecule has 1 aliphatic rings. The fourth-order valence-corrected chi connectivity index (χ4v) is 4.27. The predicted octanol–water partition coefficient (Wildman–Crippen LogP) is 5.49. The maximum atomic E-state index is 13.2. The van der Waals surface area contributed by atoms with Crippen molar-refractivity contribution in [2.45, 2.75) is 26.8 Å². The van der Waals surface area contributed by atoms with Gasteiger partial charge in [-0.1, -0.05) is 23.7 Å². The lowest BCUT2D eigenvalue weighted by Gasteiger charge is -2.24. The first-order chi connectivity index (χ1) is 15.2. The molecule has 1 N–H and O–H groups in total. The maximum Gasteiger partial charge on any atom is 0.300 e. The quantitative estimate of drug-likeness (QED) is 0.322. The van der Waals surface area contributed by atoms with Gasteiger partial charge in [-0.25, -0.2) is 0 Å². The number of hydrogen-bond donors (Lipinski definition) is 1. The summed E-state index contributed by atoms with van der Waals surface area (Å²) < 4.78 is 11.1. The van der Waals surface area contributed by atoms with Gasteiger partial charge in [0.25, 0.3) is 11.7 Å². The van der Waals surface area contributed by atoms with Crippen LogP contribution in [-0.4, -0.2) is 23.9 Å². The molecule has 1 atom stereocenters. The van der Waals surface area contributed by atoms with Crippen LogP contribution in [0.3, 0.4) is 0 Å². The van der Waals surface area contributed by atoms with Crippen molar-refractivity contribution >= 4 is 34.7 Å². The Morgan fingerprint density at radius 2 is 1.84 bits per heavy atom. The summed E-state index contributed by atoms with van der Waals surface area (Å²) in [5, 5.41) is 11.8. The molecule has 0 radical (unpaired) electrons. The van der Waals surface area contributed by atoms with Gasteiger partial charge in [0, 0.05) is 10.7 Å². The fourth-order valence-electron chi connectivity index (χ4n) is 4.09. The Morgan fingerprint density at radius 3 is 2.47 bits per heavy atom. The summed E-state index contributed by atoms with van der Waals surface area (Å²) >= 11 is 6.29. The topological polar surface area (TPSA) is 80.0 Å². The van der Waals surface area contributed by atoms with Crippen molar-refractivity contribution in [1.29, 1.82) is 0 Å². The molecule has 6 nitrogen and oxygen atoms in total. The number of halogens is 1. The van der Waals surface area contributed by atoms with Gasteiger partial charge in [0.1, 0.15) is 23.3 Å². The number of ether oxygens (including phenoxy) is 1. The molecule has 2 aromatic carbocycles. The standard InChI is InChI=1S/C25H22ClNO5/c1-13-10-15(3)24(31-4)17(11-13)22(28)20-21(19-6-5-9-32-19)27(25(30)23(20)29)16-8-7-14(2)18(26)12-16/h5-12,21,28H,1-4H3/b22-20-. The van der Waals surface area contributed by atoms with E-state index in [1.54, 1.807) is 36.4 Å². The zero-order chi connectivity index (χ0) is 23.2. The van der Waals surface area contributed by atoms with E-state index in [1.807, 2.05) is 26.8 Å². The van der Waals surface area contributed by atoms with E-state index in [2.05, 4.69) is 0 Å². The smallest absolute Gasteiger partial charge is 0.300 e. The Balaban J connectivity index is 1.99. The van der Waals surface area contributed by atoms with Crippen LogP contribution in [0, 0.1) is 20.8 Å². The third kappa shape index (κ3) is 3.46. The van der Waals surface area contributed by atoms with E-state index in [0.29, 0.717) is 27.8 Å². The van der Waals surface area contributed by atoms with Crippen molar-refractivity contribution < 1.29 is 23.8 Å². The molecule has 32 heavy (non-hydrogen) atoms. The summed E-state index contributed by atoms with van der Waals surface area (Å²) in [4.78, 5) is 27.7. The number of rotatable bonds is 4. The predicted molar refractivity (Wildman–Crippen MR) is 122 cm³/mol. The minimum Gasteiger partial charge on any atom is -0.507 e. The van der Waals surface area contributed by atoms with Crippen LogP contribution in [0.4, 0.5) is 5.69 Å². The Morgan fingerprint density at radius 1 is 1.09 bits per heavy atom. The second-order valence-electron chi connectivity index (χ2n) is 7.78. The number of ketones is 1. The molecule has 1 aromatic heterocycles. The SMILES string of the molecule is COc1c(C)cc(C)cc1/C(O)=C1/C(=O)C(=O)N(c2ccc(C)c(Cl)c2)C1c1ccco1. The molecule has 0 saturated carbocycles. The average Bonchev–Trinajstić information content (AvgIpc) is 3.36. The number of hydrogen-bond acceptors (Lipinski definition) is 5. The summed E-state index contributed by atoms with van der Waals surface area (Å²) in [5.41, 5.74) is 3.19. The van der Waals surface area contributed by atoms with Crippen molar-refractivity contribution in [1.82, 2.24) is 0 Å². The molecular weight excluding hydrogens is 430 g/mol. The van der Waals surface area contributed by atoms with E-state index >= 15 is 0 Å². The second kappa shape index (κ2) is 8.20. The van der Waals surface area contributed by atoms with E-state index in [-0.39, 0.29) is 11.3 Å². The van der Waals surface area contributed by atoms with E-state index < -0.39 is 17.7 Å². The van der Waals surface area contributed by atoms with Gasteiger partial charge in [0.2, 0.25) is 0 Å². The molecule has 1 amide bonds. The lowest BCUT2D eigenvalue weighted by molar-refractivity contribution is -0.132. The molecule has 2 heterocycles. The number of benzene rings is 2. The summed E-state index contributed by atoms with van der Waals surface area (Å²) in [6.45, 7) is 5.57. The number of carbonyl (C=O) groups is 2. The minimum absolute atomic E-state index is 0.0788. The number of furan rings is 1. The fraction of sp³-hybridized carbons (Fsp3) is 0.200. The van der Waals surface area contributed by atoms with Gasteiger partial charge >= 0.3 is 0 Å². The molecule has 1 saturated heterocycles. The lowest BCUT2D eigenvalue weighted by atomic mass is 9.96. The number of aryl methyl sites for hydroxylation is 3. The second-order valence-corrected chi connectivity index (χ2v) is 8.19. The van der Waals surface area contributed by atoms with Crippen molar-refractivity contribution in [2.75, 3.05) is 12.0 Å². The van der Waals surface area contributed by atoms with Crippen LogP contribution >= 0.6 is 11.6 Å². The van der Waals surface area contributed by atoms with Gasteiger partial charge < -0.3 is 14.3 Å². The molecule has 1 aliphatic heterocycles. The highest BCUT2D eigenvalue weighted by molar-refractivity contribution is 6.51. The molecule has 7 heteroatoms. The zero-order valence-corrected chi connectivity index (χ0v) is 18.9. The molecule has 3 aromatic rings. The molecule has 4 rings (SSSR count). The van der Waals surface area contributed by atoms with Crippen LogP contribution in [0.15, 0.2) is 58.7 Å². The van der Waals surface area contributed by atoms with Crippen molar-refractivity contribution in [3.05, 3.63) is 87.3 Å². The van der Waals surface area contributed by atoms with Crippen LogP contribution in [-0.2, 0) is 9.59 Å². The molecule has 0 aliphatic carbocycles. The minimum atomic E-state index is -0.964. The number of aliphatic hydroxyl groups is 1.